The van der Waals surface area contributed by atoms with Crippen molar-refractivity contribution in [3.05, 3.63) is 102 Å². The highest BCUT2D eigenvalue weighted by Crippen LogP contribution is 2.42. The predicted octanol–water partition coefficient (Wildman–Crippen LogP) is 5.53. The molecule has 0 bridgehead atoms. The quantitative estimate of drug-likeness (QED) is 0.162. The molecule has 2 heterocycles. The van der Waals surface area contributed by atoms with Crippen LogP contribution in [0, 0.1) is 11.6 Å². The molecular formula is C33H35F2N3O5. The van der Waals surface area contributed by atoms with Gasteiger partial charge in [0.15, 0.2) is 0 Å². The lowest BCUT2D eigenvalue weighted by Crippen LogP contribution is -2.27. The van der Waals surface area contributed by atoms with E-state index in [0.29, 0.717) is 33.6 Å². The minimum Gasteiger partial charge on any atom is -0.481 e. The summed E-state index contributed by atoms with van der Waals surface area (Å²) >= 11 is 0. The first kappa shape index (κ1) is 31.5. The highest BCUT2D eigenvalue weighted by molar-refractivity contribution is 6.05. The number of amides is 1. The molecule has 0 radical (unpaired) electrons. The summed E-state index contributed by atoms with van der Waals surface area (Å²) in [5.74, 6) is -2.43. The fourth-order valence-corrected chi connectivity index (χ4v) is 5.29. The zero-order valence-corrected chi connectivity index (χ0v) is 24.0. The number of hydrogen-bond acceptors (Lipinski definition) is 5. The average molecular weight is 592 g/mol. The zero-order valence-electron chi connectivity index (χ0n) is 24.0. The normalized spacial score (nSPS) is 12.7. The molecule has 8 nitrogen and oxygen atoms in total. The Morgan fingerprint density at radius 1 is 0.907 bits per heavy atom. The van der Waals surface area contributed by atoms with Crippen LogP contribution in [0.25, 0.3) is 22.3 Å². The highest BCUT2D eigenvalue weighted by Gasteiger charge is 2.30. The molecule has 0 aliphatic heterocycles. The second-order valence-corrected chi connectivity index (χ2v) is 10.7. The van der Waals surface area contributed by atoms with E-state index < -0.39 is 36.2 Å². The van der Waals surface area contributed by atoms with Crippen LogP contribution in [0.15, 0.2) is 73.1 Å². The molecule has 0 aliphatic rings. The molecule has 10 heteroatoms. The van der Waals surface area contributed by atoms with E-state index in [1.807, 2.05) is 24.5 Å². The van der Waals surface area contributed by atoms with Crippen LogP contribution >= 0.6 is 0 Å². The number of aliphatic hydroxyl groups is 2. The van der Waals surface area contributed by atoms with Crippen LogP contribution in [-0.2, 0) is 17.8 Å². The molecule has 4 aromatic rings. The summed E-state index contributed by atoms with van der Waals surface area (Å²) in [5.41, 5.74) is 4.15. The van der Waals surface area contributed by atoms with Gasteiger partial charge >= 0.3 is 5.97 Å². The standard InChI is InChI=1S/C33H35F2N3O5/c1-20(2)38-28(14-13-26(39)16-27(40)17-29(41)42)30(22-5-9-24(34)10-6-22)31(23-7-11-25(35)12-8-23)32(38)33(43)37-19-21-4-3-15-36-18-21/h3-12,15,18,20,26-27,39-40H,13-14,16-17,19H2,1-2H3,(H,37,43)(H,41,42)/t26-,27-/m1/s1. The monoisotopic (exact) mass is 591 g/mol. The SMILES string of the molecule is CC(C)n1c(CC[C@@H](O)C[C@@H](O)CC(=O)O)c(-c2ccc(F)cc2)c(-c2ccc(F)cc2)c1C(=O)NCc1cccnc1. The summed E-state index contributed by atoms with van der Waals surface area (Å²) in [6, 6.07) is 15.0. The Bertz CT molecular complexity index is 1540. The third-order valence-electron chi connectivity index (χ3n) is 7.15. The number of hydrogen-bond donors (Lipinski definition) is 4. The number of benzene rings is 2. The molecular weight excluding hydrogens is 556 g/mol. The van der Waals surface area contributed by atoms with Crippen LogP contribution in [0.1, 0.15) is 60.9 Å². The second kappa shape index (κ2) is 14.2. The molecule has 0 saturated carbocycles. The Hall–Kier alpha value is -4.41. The van der Waals surface area contributed by atoms with E-state index in [1.165, 1.54) is 24.3 Å². The van der Waals surface area contributed by atoms with Crippen molar-refractivity contribution in [1.82, 2.24) is 14.9 Å². The maximum Gasteiger partial charge on any atom is 0.305 e. The first-order valence-corrected chi connectivity index (χ1v) is 14.1. The molecule has 0 spiro atoms. The Kier molecular flexibility index (Phi) is 10.4. The number of pyridine rings is 1. The fourth-order valence-electron chi connectivity index (χ4n) is 5.29. The predicted molar refractivity (Wildman–Crippen MR) is 158 cm³/mol. The Morgan fingerprint density at radius 3 is 2.05 bits per heavy atom. The number of carboxylic acids is 1. The van der Waals surface area contributed by atoms with Gasteiger partial charge < -0.3 is 25.2 Å². The number of carboxylic acid groups (broad SMARTS) is 1. The van der Waals surface area contributed by atoms with Crippen molar-refractivity contribution in [2.24, 2.45) is 0 Å². The van der Waals surface area contributed by atoms with E-state index in [-0.39, 0.29) is 37.8 Å². The van der Waals surface area contributed by atoms with Gasteiger partial charge in [-0.25, -0.2) is 8.78 Å². The highest BCUT2D eigenvalue weighted by atomic mass is 19.1. The van der Waals surface area contributed by atoms with Crippen LogP contribution in [0.3, 0.4) is 0 Å². The number of carbonyl (C=O) groups is 2. The average Bonchev–Trinajstić information content (AvgIpc) is 3.31. The van der Waals surface area contributed by atoms with Gasteiger partial charge in [0.2, 0.25) is 0 Å². The number of halogens is 2. The van der Waals surface area contributed by atoms with Crippen molar-refractivity contribution in [2.75, 3.05) is 0 Å². The van der Waals surface area contributed by atoms with Crippen LogP contribution in [0.5, 0.6) is 0 Å². The van der Waals surface area contributed by atoms with Gasteiger partial charge in [0, 0.05) is 41.8 Å². The third kappa shape index (κ3) is 7.91. The van der Waals surface area contributed by atoms with Gasteiger partial charge in [0.05, 0.1) is 18.6 Å². The molecule has 2 aromatic carbocycles. The number of carbonyl (C=O) groups excluding carboxylic acids is 1. The van der Waals surface area contributed by atoms with Gasteiger partial charge in [-0.1, -0.05) is 30.3 Å². The first-order chi connectivity index (χ1) is 20.5. The molecule has 1 amide bonds. The minimum absolute atomic E-state index is 0.135. The number of rotatable bonds is 13. The molecule has 0 fully saturated rings. The first-order valence-electron chi connectivity index (χ1n) is 14.1. The van der Waals surface area contributed by atoms with E-state index in [9.17, 15) is 28.6 Å². The number of aliphatic hydroxyl groups excluding tert-OH is 2. The molecule has 0 unspecified atom stereocenters. The van der Waals surface area contributed by atoms with Gasteiger partial charge in [0.25, 0.3) is 5.91 Å². The van der Waals surface area contributed by atoms with Crippen LogP contribution in [0.2, 0.25) is 0 Å². The lowest BCUT2D eigenvalue weighted by Gasteiger charge is -2.20. The second-order valence-electron chi connectivity index (χ2n) is 10.7. The maximum absolute atomic E-state index is 14.0. The summed E-state index contributed by atoms with van der Waals surface area (Å²) < 4.78 is 29.9. The molecule has 43 heavy (non-hydrogen) atoms. The Labute approximate surface area is 248 Å². The smallest absolute Gasteiger partial charge is 0.305 e. The lowest BCUT2D eigenvalue weighted by molar-refractivity contribution is -0.139. The van der Waals surface area contributed by atoms with Crippen molar-refractivity contribution in [2.45, 2.75) is 64.3 Å². The summed E-state index contributed by atoms with van der Waals surface area (Å²) in [6.45, 7) is 4.04. The number of nitrogens with zero attached hydrogens (tertiary/aromatic N) is 2. The number of aromatic nitrogens is 2. The van der Waals surface area contributed by atoms with Gasteiger partial charge in [-0.05, 0) is 80.1 Å². The van der Waals surface area contributed by atoms with Crippen LogP contribution in [0.4, 0.5) is 8.78 Å². The number of nitrogens with one attached hydrogen (secondary N) is 1. The van der Waals surface area contributed by atoms with E-state index in [1.54, 1.807) is 42.7 Å². The summed E-state index contributed by atoms with van der Waals surface area (Å²) in [7, 11) is 0. The van der Waals surface area contributed by atoms with Crippen LogP contribution in [-0.4, -0.2) is 49.0 Å². The minimum atomic E-state index is -1.22. The fraction of sp³-hybridized carbons (Fsp3) is 0.303. The van der Waals surface area contributed by atoms with Crippen molar-refractivity contribution in [3.63, 3.8) is 0 Å². The third-order valence-corrected chi connectivity index (χ3v) is 7.15. The Morgan fingerprint density at radius 2 is 1.51 bits per heavy atom. The summed E-state index contributed by atoms with van der Waals surface area (Å²) in [6.07, 6.45) is 0.820. The van der Waals surface area contributed by atoms with Gasteiger partial charge in [-0.3, -0.25) is 14.6 Å². The Balaban J connectivity index is 1.87. The van der Waals surface area contributed by atoms with Crippen molar-refractivity contribution < 1.29 is 33.7 Å². The van der Waals surface area contributed by atoms with Crippen LogP contribution < -0.4 is 5.32 Å². The van der Waals surface area contributed by atoms with E-state index in [0.717, 1.165) is 5.56 Å². The molecule has 4 N–H and O–H groups in total. The molecule has 226 valence electrons. The largest absolute Gasteiger partial charge is 0.481 e. The molecule has 2 aromatic heterocycles. The van der Waals surface area contributed by atoms with Crippen molar-refractivity contribution in [1.29, 1.82) is 0 Å². The molecule has 0 saturated heterocycles. The molecule has 2 atom stereocenters. The van der Waals surface area contributed by atoms with E-state index >= 15 is 0 Å². The summed E-state index contributed by atoms with van der Waals surface area (Å²) in [5, 5.41) is 32.7. The summed E-state index contributed by atoms with van der Waals surface area (Å²) in [4.78, 5) is 29.1. The maximum atomic E-state index is 14.0. The van der Waals surface area contributed by atoms with Gasteiger partial charge in [0.1, 0.15) is 17.3 Å². The zero-order chi connectivity index (χ0) is 31.1. The molecule has 4 rings (SSSR count). The number of aliphatic carboxylic acids is 1. The van der Waals surface area contributed by atoms with Crippen molar-refractivity contribution >= 4 is 11.9 Å². The topological polar surface area (TPSA) is 125 Å². The van der Waals surface area contributed by atoms with Gasteiger partial charge in [-0.15, -0.1) is 0 Å². The van der Waals surface area contributed by atoms with Gasteiger partial charge in [-0.2, -0.15) is 0 Å². The molecule has 0 aliphatic carbocycles. The van der Waals surface area contributed by atoms with E-state index in [4.69, 9.17) is 5.11 Å². The van der Waals surface area contributed by atoms with Crippen molar-refractivity contribution in [3.8, 4) is 22.3 Å². The lowest BCUT2D eigenvalue weighted by atomic mass is 9.92. The van der Waals surface area contributed by atoms with E-state index in [2.05, 4.69) is 10.3 Å².